The Morgan fingerprint density at radius 3 is 2.65 bits per heavy atom. The number of amides is 2. The highest BCUT2D eigenvalue weighted by Crippen LogP contribution is 2.21. The molecule has 0 aromatic carbocycles. The minimum absolute atomic E-state index is 0.0102. The van der Waals surface area contributed by atoms with Gasteiger partial charge in [-0.15, -0.1) is 0 Å². The van der Waals surface area contributed by atoms with Crippen LogP contribution in [0.4, 0.5) is 4.79 Å². The second-order valence-corrected chi connectivity index (χ2v) is 7.17. The molecule has 1 aliphatic rings. The van der Waals surface area contributed by atoms with Crippen molar-refractivity contribution in [3.05, 3.63) is 54.2 Å². The summed E-state index contributed by atoms with van der Waals surface area (Å²) < 4.78 is 5.47. The van der Waals surface area contributed by atoms with E-state index in [9.17, 15) is 4.79 Å². The molecule has 0 bridgehead atoms. The maximum absolute atomic E-state index is 12.7. The molecule has 1 fully saturated rings. The molecule has 1 aliphatic heterocycles. The molecule has 1 N–H and O–H groups in total. The number of hydrogen-bond donors (Lipinski definition) is 1. The topological polar surface area (TPSA) is 61.6 Å². The summed E-state index contributed by atoms with van der Waals surface area (Å²) in [6, 6.07) is 8.25. The van der Waals surface area contributed by atoms with Gasteiger partial charge in [0.05, 0.1) is 12.8 Å². The van der Waals surface area contributed by atoms with Crippen molar-refractivity contribution in [2.24, 2.45) is 0 Å². The van der Waals surface area contributed by atoms with E-state index in [1.807, 2.05) is 43.3 Å². The molecule has 26 heavy (non-hydrogen) atoms. The van der Waals surface area contributed by atoms with Crippen molar-refractivity contribution in [1.82, 2.24) is 20.1 Å². The first-order valence-electron chi connectivity index (χ1n) is 9.32. The predicted molar refractivity (Wildman–Crippen MR) is 100 cm³/mol. The number of hydrogen-bond acceptors (Lipinski definition) is 4. The molecule has 6 heteroatoms. The lowest BCUT2D eigenvalue weighted by Crippen LogP contribution is -2.51. The van der Waals surface area contributed by atoms with Crippen LogP contribution < -0.4 is 5.32 Å². The van der Waals surface area contributed by atoms with Gasteiger partial charge in [-0.2, -0.15) is 0 Å². The fourth-order valence-corrected chi connectivity index (χ4v) is 3.40. The third kappa shape index (κ3) is 5.08. The van der Waals surface area contributed by atoms with Gasteiger partial charge in [0.1, 0.15) is 5.76 Å². The smallest absolute Gasteiger partial charge is 0.318 e. The highest BCUT2D eigenvalue weighted by atomic mass is 16.3. The third-order valence-electron chi connectivity index (χ3n) is 4.73. The number of pyridine rings is 1. The Bertz CT molecular complexity index is 664. The maximum Gasteiger partial charge on any atom is 0.318 e. The van der Waals surface area contributed by atoms with E-state index in [-0.39, 0.29) is 18.1 Å². The van der Waals surface area contributed by atoms with E-state index in [4.69, 9.17) is 4.42 Å². The first kappa shape index (κ1) is 18.5. The lowest BCUT2D eigenvalue weighted by Gasteiger charge is -2.38. The number of likely N-dealkylation sites (tertiary alicyclic amines) is 1. The molecule has 3 rings (SSSR count). The Morgan fingerprint density at radius 2 is 2.04 bits per heavy atom. The lowest BCUT2D eigenvalue weighted by atomic mass is 10.0. The molecule has 3 heterocycles. The van der Waals surface area contributed by atoms with Crippen molar-refractivity contribution in [3.63, 3.8) is 0 Å². The minimum Gasteiger partial charge on any atom is -0.467 e. The number of rotatable bonds is 6. The van der Waals surface area contributed by atoms with E-state index in [1.54, 1.807) is 6.26 Å². The highest BCUT2D eigenvalue weighted by Gasteiger charge is 2.29. The van der Waals surface area contributed by atoms with Gasteiger partial charge in [-0.1, -0.05) is 0 Å². The standard InChI is InChI=1S/C20H28N4O2/c1-16(2)22-20(25)24(15-19-4-3-13-26-19)18-7-11-23(12-8-18)14-17-5-9-21-10-6-17/h3-6,9-10,13,16,18H,7-8,11-12,14-15H2,1-2H3,(H,22,25). The van der Waals surface area contributed by atoms with Gasteiger partial charge in [0.25, 0.3) is 0 Å². The summed E-state index contributed by atoms with van der Waals surface area (Å²) in [4.78, 5) is 21.2. The number of urea groups is 1. The van der Waals surface area contributed by atoms with Crippen LogP contribution in [-0.2, 0) is 13.1 Å². The number of carbonyl (C=O) groups excluding carboxylic acids is 1. The molecule has 0 radical (unpaired) electrons. The zero-order valence-corrected chi connectivity index (χ0v) is 15.6. The fourth-order valence-electron chi connectivity index (χ4n) is 3.40. The number of carbonyl (C=O) groups is 1. The Kier molecular flexibility index (Phi) is 6.28. The number of nitrogens with zero attached hydrogens (tertiary/aromatic N) is 3. The van der Waals surface area contributed by atoms with E-state index in [2.05, 4.69) is 27.3 Å². The zero-order valence-electron chi connectivity index (χ0n) is 15.6. The van der Waals surface area contributed by atoms with E-state index >= 15 is 0 Å². The Labute approximate surface area is 155 Å². The lowest BCUT2D eigenvalue weighted by molar-refractivity contribution is 0.108. The van der Waals surface area contributed by atoms with E-state index in [0.717, 1.165) is 38.2 Å². The molecular formula is C20H28N4O2. The van der Waals surface area contributed by atoms with Crippen LogP contribution in [0.1, 0.15) is 38.0 Å². The van der Waals surface area contributed by atoms with Gasteiger partial charge < -0.3 is 14.6 Å². The quantitative estimate of drug-likeness (QED) is 0.863. The maximum atomic E-state index is 12.7. The normalized spacial score (nSPS) is 16.0. The Morgan fingerprint density at radius 1 is 1.31 bits per heavy atom. The molecule has 1 saturated heterocycles. The summed E-state index contributed by atoms with van der Waals surface area (Å²) in [6.45, 7) is 7.39. The summed E-state index contributed by atoms with van der Waals surface area (Å²) in [5.74, 6) is 0.822. The summed E-state index contributed by atoms with van der Waals surface area (Å²) in [5, 5.41) is 3.03. The van der Waals surface area contributed by atoms with Gasteiger partial charge in [-0.05, 0) is 56.5 Å². The van der Waals surface area contributed by atoms with Crippen LogP contribution in [-0.4, -0.2) is 46.0 Å². The molecule has 0 atom stereocenters. The molecule has 0 aliphatic carbocycles. The van der Waals surface area contributed by atoms with Crippen LogP contribution in [0, 0.1) is 0 Å². The SMILES string of the molecule is CC(C)NC(=O)N(Cc1ccco1)C1CCN(Cc2ccncc2)CC1. The average Bonchev–Trinajstić information content (AvgIpc) is 3.14. The molecule has 140 valence electrons. The van der Waals surface area contributed by atoms with Crippen molar-refractivity contribution >= 4 is 6.03 Å². The van der Waals surface area contributed by atoms with Gasteiger partial charge in [0, 0.05) is 44.1 Å². The first-order chi connectivity index (χ1) is 12.6. The van der Waals surface area contributed by atoms with Gasteiger partial charge in [0.2, 0.25) is 0 Å². The molecule has 2 amide bonds. The van der Waals surface area contributed by atoms with Gasteiger partial charge in [-0.25, -0.2) is 4.79 Å². The second-order valence-electron chi connectivity index (χ2n) is 7.17. The molecule has 0 unspecified atom stereocenters. The van der Waals surface area contributed by atoms with Crippen molar-refractivity contribution in [3.8, 4) is 0 Å². The third-order valence-corrected chi connectivity index (χ3v) is 4.73. The van der Waals surface area contributed by atoms with Gasteiger partial charge in [-0.3, -0.25) is 9.88 Å². The zero-order chi connectivity index (χ0) is 18.4. The largest absolute Gasteiger partial charge is 0.467 e. The average molecular weight is 356 g/mol. The summed E-state index contributed by atoms with van der Waals surface area (Å²) >= 11 is 0. The monoisotopic (exact) mass is 356 g/mol. The van der Waals surface area contributed by atoms with Gasteiger partial charge >= 0.3 is 6.03 Å². The van der Waals surface area contributed by atoms with Crippen molar-refractivity contribution < 1.29 is 9.21 Å². The molecule has 0 spiro atoms. The van der Waals surface area contributed by atoms with E-state index in [1.165, 1.54) is 5.56 Å². The predicted octanol–water partition coefficient (Wildman–Crippen LogP) is 3.26. The molecule has 2 aromatic heterocycles. The summed E-state index contributed by atoms with van der Waals surface area (Å²) in [7, 11) is 0. The molecule has 2 aromatic rings. The van der Waals surface area contributed by atoms with Crippen LogP contribution in [0.2, 0.25) is 0 Å². The molecule has 0 saturated carbocycles. The van der Waals surface area contributed by atoms with Crippen LogP contribution in [0.15, 0.2) is 47.3 Å². The van der Waals surface area contributed by atoms with Crippen molar-refractivity contribution in [2.45, 2.75) is 51.9 Å². The van der Waals surface area contributed by atoms with Gasteiger partial charge in [0.15, 0.2) is 0 Å². The first-order valence-corrected chi connectivity index (χ1v) is 9.32. The second kappa shape index (κ2) is 8.85. The molecular weight excluding hydrogens is 328 g/mol. The fraction of sp³-hybridized carbons (Fsp3) is 0.500. The van der Waals surface area contributed by atoms with Crippen molar-refractivity contribution in [2.75, 3.05) is 13.1 Å². The molecule has 6 nitrogen and oxygen atoms in total. The number of aromatic nitrogens is 1. The van der Waals surface area contributed by atoms with Crippen molar-refractivity contribution in [1.29, 1.82) is 0 Å². The number of piperidine rings is 1. The highest BCUT2D eigenvalue weighted by molar-refractivity contribution is 5.74. The van der Waals surface area contributed by atoms with Crippen LogP contribution in [0.5, 0.6) is 0 Å². The Balaban J connectivity index is 1.59. The van der Waals surface area contributed by atoms with Crippen LogP contribution >= 0.6 is 0 Å². The minimum atomic E-state index is -0.0102. The summed E-state index contributed by atoms with van der Waals surface area (Å²) in [5.41, 5.74) is 1.28. The van der Waals surface area contributed by atoms with E-state index < -0.39 is 0 Å². The summed E-state index contributed by atoms with van der Waals surface area (Å²) in [6.07, 6.45) is 7.27. The van der Waals surface area contributed by atoms with Crippen LogP contribution in [0.3, 0.4) is 0 Å². The van der Waals surface area contributed by atoms with E-state index in [0.29, 0.717) is 6.54 Å². The number of nitrogens with one attached hydrogen (secondary N) is 1. The Hall–Kier alpha value is -2.34. The van der Waals surface area contributed by atoms with Crippen LogP contribution in [0.25, 0.3) is 0 Å². The number of furan rings is 1.